The molecule has 0 aliphatic heterocycles. The summed E-state index contributed by atoms with van der Waals surface area (Å²) in [7, 11) is 0. The van der Waals surface area contributed by atoms with Gasteiger partial charge < -0.3 is 15.1 Å². The smallest absolute Gasteiger partial charge is 0.287 e. The van der Waals surface area contributed by atoms with Crippen LogP contribution in [0.4, 0.5) is 0 Å². The number of fused-ring (bicyclic) bond motifs is 1. The molecule has 2 N–H and O–H groups in total. The van der Waals surface area contributed by atoms with Crippen LogP contribution in [0, 0.1) is 0 Å². The first-order chi connectivity index (χ1) is 12.6. The van der Waals surface area contributed by atoms with Crippen molar-refractivity contribution in [2.75, 3.05) is 13.1 Å². The van der Waals surface area contributed by atoms with Crippen molar-refractivity contribution in [3.05, 3.63) is 82.2 Å². The van der Waals surface area contributed by atoms with E-state index in [1.165, 1.54) is 0 Å². The zero-order chi connectivity index (χ0) is 18.4. The topological polar surface area (TPSA) is 88.4 Å². The van der Waals surface area contributed by atoms with Gasteiger partial charge in [0.25, 0.3) is 5.91 Å². The molecule has 26 heavy (non-hydrogen) atoms. The summed E-state index contributed by atoms with van der Waals surface area (Å²) in [6.07, 6.45) is 0.708. The summed E-state index contributed by atoms with van der Waals surface area (Å²) in [4.78, 5) is 35.9. The molecule has 0 fully saturated rings. The quantitative estimate of drug-likeness (QED) is 0.710. The van der Waals surface area contributed by atoms with Crippen molar-refractivity contribution in [3.8, 4) is 0 Å². The molecule has 132 valence electrons. The average Bonchev–Trinajstić information content (AvgIpc) is 2.67. The standard InChI is InChI=1S/C20H18N2O4/c23-16-12-18(26-17-9-5-4-8-15(16)17)20(25)22-13-19(24)21-11-10-14-6-2-1-3-7-14/h1-9,12H,10-11,13H2,(H,21,24)(H,22,25). The molecule has 0 radical (unpaired) electrons. The fourth-order valence-corrected chi connectivity index (χ4v) is 2.52. The number of carbonyl (C=O) groups is 2. The molecular weight excluding hydrogens is 332 g/mol. The molecule has 0 aliphatic rings. The maximum atomic E-state index is 12.1. The van der Waals surface area contributed by atoms with Crippen molar-refractivity contribution < 1.29 is 14.0 Å². The van der Waals surface area contributed by atoms with E-state index in [1.54, 1.807) is 24.3 Å². The molecule has 6 nitrogen and oxygen atoms in total. The van der Waals surface area contributed by atoms with E-state index in [1.807, 2.05) is 30.3 Å². The Hall–Kier alpha value is -3.41. The summed E-state index contributed by atoms with van der Waals surface area (Å²) in [5, 5.41) is 5.59. The van der Waals surface area contributed by atoms with E-state index in [2.05, 4.69) is 10.6 Å². The van der Waals surface area contributed by atoms with Gasteiger partial charge in [-0.1, -0.05) is 42.5 Å². The monoisotopic (exact) mass is 350 g/mol. The first-order valence-electron chi connectivity index (χ1n) is 8.25. The van der Waals surface area contributed by atoms with Crippen LogP contribution in [-0.2, 0) is 11.2 Å². The van der Waals surface area contributed by atoms with Crippen molar-refractivity contribution in [1.82, 2.24) is 10.6 Å². The third-order valence-electron chi connectivity index (χ3n) is 3.85. The van der Waals surface area contributed by atoms with E-state index in [-0.39, 0.29) is 23.6 Å². The van der Waals surface area contributed by atoms with Crippen LogP contribution in [0.1, 0.15) is 16.1 Å². The number of benzene rings is 2. The summed E-state index contributed by atoms with van der Waals surface area (Å²) in [5.74, 6) is -1.03. The molecule has 0 saturated heterocycles. The molecule has 2 aromatic carbocycles. The fourth-order valence-electron chi connectivity index (χ4n) is 2.52. The second-order valence-corrected chi connectivity index (χ2v) is 5.74. The van der Waals surface area contributed by atoms with Gasteiger partial charge in [-0.25, -0.2) is 0 Å². The zero-order valence-corrected chi connectivity index (χ0v) is 14.0. The molecule has 1 heterocycles. The fraction of sp³-hybridized carbons (Fsp3) is 0.150. The second-order valence-electron chi connectivity index (χ2n) is 5.74. The highest BCUT2D eigenvalue weighted by atomic mass is 16.3. The van der Waals surface area contributed by atoms with Crippen LogP contribution in [0.3, 0.4) is 0 Å². The zero-order valence-electron chi connectivity index (χ0n) is 14.0. The molecule has 3 aromatic rings. The molecule has 0 unspecified atom stereocenters. The van der Waals surface area contributed by atoms with Gasteiger partial charge in [0.15, 0.2) is 11.2 Å². The van der Waals surface area contributed by atoms with Crippen LogP contribution in [0.5, 0.6) is 0 Å². The van der Waals surface area contributed by atoms with E-state index >= 15 is 0 Å². The Morgan fingerprint density at radius 3 is 2.46 bits per heavy atom. The minimum atomic E-state index is -0.605. The Morgan fingerprint density at radius 2 is 1.65 bits per heavy atom. The molecule has 0 aliphatic carbocycles. The first-order valence-corrected chi connectivity index (χ1v) is 8.25. The lowest BCUT2D eigenvalue weighted by atomic mass is 10.1. The lowest BCUT2D eigenvalue weighted by Gasteiger charge is -2.07. The summed E-state index contributed by atoms with van der Waals surface area (Å²) in [5.41, 5.74) is 1.15. The molecular formula is C20H18N2O4. The highest BCUT2D eigenvalue weighted by molar-refractivity contribution is 5.95. The number of hydrogen-bond acceptors (Lipinski definition) is 4. The van der Waals surface area contributed by atoms with Crippen LogP contribution in [-0.4, -0.2) is 24.9 Å². The second kappa shape index (κ2) is 8.11. The number of nitrogens with one attached hydrogen (secondary N) is 2. The average molecular weight is 350 g/mol. The van der Waals surface area contributed by atoms with E-state index in [0.717, 1.165) is 11.6 Å². The molecule has 3 rings (SSSR count). The normalized spacial score (nSPS) is 10.5. The van der Waals surface area contributed by atoms with Crippen molar-refractivity contribution in [1.29, 1.82) is 0 Å². The first kappa shape index (κ1) is 17.4. The van der Waals surface area contributed by atoms with Gasteiger partial charge in [0.1, 0.15) is 5.58 Å². The van der Waals surface area contributed by atoms with Crippen molar-refractivity contribution in [2.45, 2.75) is 6.42 Å². The van der Waals surface area contributed by atoms with Crippen molar-refractivity contribution in [2.24, 2.45) is 0 Å². The van der Waals surface area contributed by atoms with E-state index < -0.39 is 5.91 Å². The van der Waals surface area contributed by atoms with Gasteiger partial charge >= 0.3 is 0 Å². The lowest BCUT2D eigenvalue weighted by Crippen LogP contribution is -2.37. The number of amides is 2. The number of para-hydroxylation sites is 1. The molecule has 1 aromatic heterocycles. The summed E-state index contributed by atoms with van der Waals surface area (Å²) in [6.45, 7) is 0.286. The highest BCUT2D eigenvalue weighted by Crippen LogP contribution is 2.11. The van der Waals surface area contributed by atoms with Gasteiger partial charge in [0, 0.05) is 12.6 Å². The minimum Gasteiger partial charge on any atom is -0.451 e. The number of rotatable bonds is 6. The van der Waals surface area contributed by atoms with E-state index in [4.69, 9.17) is 4.42 Å². The van der Waals surface area contributed by atoms with Gasteiger partial charge in [-0.3, -0.25) is 14.4 Å². The van der Waals surface area contributed by atoms with Gasteiger partial charge in [-0.15, -0.1) is 0 Å². The largest absolute Gasteiger partial charge is 0.451 e. The van der Waals surface area contributed by atoms with Crippen LogP contribution in [0.25, 0.3) is 11.0 Å². The van der Waals surface area contributed by atoms with Crippen molar-refractivity contribution in [3.63, 3.8) is 0 Å². The van der Waals surface area contributed by atoms with Gasteiger partial charge in [-0.05, 0) is 24.1 Å². The Labute approximate surface area is 149 Å². The van der Waals surface area contributed by atoms with Gasteiger partial charge in [0.2, 0.25) is 5.91 Å². The molecule has 0 bridgehead atoms. The third-order valence-corrected chi connectivity index (χ3v) is 3.85. The summed E-state index contributed by atoms with van der Waals surface area (Å²) < 4.78 is 5.43. The maximum absolute atomic E-state index is 12.1. The van der Waals surface area contributed by atoms with Crippen LogP contribution in [0.15, 0.2) is 69.9 Å². The summed E-state index contributed by atoms with van der Waals surface area (Å²) in [6, 6.07) is 17.6. The lowest BCUT2D eigenvalue weighted by molar-refractivity contribution is -0.120. The van der Waals surface area contributed by atoms with Gasteiger partial charge in [-0.2, -0.15) is 0 Å². The van der Waals surface area contributed by atoms with Crippen LogP contribution in [0.2, 0.25) is 0 Å². The Balaban J connectivity index is 1.52. The van der Waals surface area contributed by atoms with Gasteiger partial charge in [0.05, 0.1) is 11.9 Å². The van der Waals surface area contributed by atoms with Crippen LogP contribution < -0.4 is 16.1 Å². The summed E-state index contributed by atoms with van der Waals surface area (Å²) >= 11 is 0. The predicted molar refractivity (Wildman–Crippen MR) is 98.0 cm³/mol. The highest BCUT2D eigenvalue weighted by Gasteiger charge is 2.13. The van der Waals surface area contributed by atoms with Crippen molar-refractivity contribution >= 4 is 22.8 Å². The van der Waals surface area contributed by atoms with E-state index in [9.17, 15) is 14.4 Å². The Kier molecular flexibility index (Phi) is 5.43. The third kappa shape index (κ3) is 4.36. The number of carbonyl (C=O) groups excluding carboxylic acids is 2. The maximum Gasteiger partial charge on any atom is 0.287 e. The molecule has 0 spiro atoms. The predicted octanol–water partition coefficient (Wildman–Crippen LogP) is 1.88. The molecule has 6 heteroatoms. The number of hydrogen-bond donors (Lipinski definition) is 2. The Bertz CT molecular complexity index is 980. The molecule has 2 amide bonds. The Morgan fingerprint density at radius 1 is 0.923 bits per heavy atom. The minimum absolute atomic E-state index is 0.120. The van der Waals surface area contributed by atoms with E-state index in [0.29, 0.717) is 23.9 Å². The van der Waals surface area contributed by atoms with Crippen LogP contribution >= 0.6 is 0 Å². The molecule has 0 atom stereocenters. The SMILES string of the molecule is O=C(CNC(=O)c1cc(=O)c2ccccc2o1)NCCc1ccccc1. The molecule has 0 saturated carbocycles.